The highest BCUT2D eigenvalue weighted by Crippen LogP contribution is 2.38. The van der Waals surface area contributed by atoms with E-state index in [0.29, 0.717) is 40.2 Å². The number of halogens is 2. The van der Waals surface area contributed by atoms with Crippen molar-refractivity contribution in [3.63, 3.8) is 0 Å². The molecule has 0 radical (unpaired) electrons. The summed E-state index contributed by atoms with van der Waals surface area (Å²) >= 11 is 1.15. The van der Waals surface area contributed by atoms with Gasteiger partial charge in [0.15, 0.2) is 15.5 Å². The maximum atomic E-state index is 14.9. The Kier molecular flexibility index (Phi) is 8.40. The number of aromatic carboxylic acids is 1. The van der Waals surface area contributed by atoms with Crippen LogP contribution in [0.25, 0.3) is 16.4 Å². The molecule has 2 saturated carbocycles. The number of aromatic nitrogens is 3. The second-order valence-electron chi connectivity index (χ2n) is 11.7. The Morgan fingerprint density at radius 3 is 2.50 bits per heavy atom. The summed E-state index contributed by atoms with van der Waals surface area (Å²) in [4.78, 5) is 15.5. The van der Waals surface area contributed by atoms with Gasteiger partial charge in [-0.25, -0.2) is 31.7 Å². The molecule has 11 heteroatoms. The van der Waals surface area contributed by atoms with E-state index in [4.69, 9.17) is 5.10 Å². The quantitative estimate of drug-likeness (QED) is 0.202. The fourth-order valence-electron chi connectivity index (χ4n) is 5.76. The summed E-state index contributed by atoms with van der Waals surface area (Å²) in [5.41, 5.74) is 3.41. The average molecular weight is 636 g/mol. The molecule has 1 N–H and O–H groups in total. The second-order valence-corrected chi connectivity index (χ2v) is 14.5. The predicted octanol–water partition coefficient (Wildman–Crippen LogP) is 6.85. The molecule has 0 saturated heterocycles. The van der Waals surface area contributed by atoms with Crippen molar-refractivity contribution in [3.05, 3.63) is 81.5 Å². The highest BCUT2D eigenvalue weighted by molar-refractivity contribution is 7.90. The number of hydrogen-bond donors (Lipinski definition) is 1. The van der Waals surface area contributed by atoms with Crippen LogP contribution in [0.2, 0.25) is 0 Å². The van der Waals surface area contributed by atoms with Gasteiger partial charge in [-0.05, 0) is 79.8 Å². The molecule has 2 fully saturated rings. The summed E-state index contributed by atoms with van der Waals surface area (Å²) < 4.78 is 55.6. The first kappa shape index (κ1) is 30.2. The molecule has 7 nitrogen and oxygen atoms in total. The van der Waals surface area contributed by atoms with Crippen molar-refractivity contribution in [1.29, 1.82) is 0 Å². The number of sulfone groups is 1. The van der Waals surface area contributed by atoms with Crippen LogP contribution in [-0.4, -0.2) is 40.5 Å². The van der Waals surface area contributed by atoms with Crippen molar-refractivity contribution < 1.29 is 27.1 Å². The fraction of sp³-hybridized carbons (Fsp3) is 0.364. The highest BCUT2D eigenvalue weighted by atomic mass is 32.2. The lowest BCUT2D eigenvalue weighted by molar-refractivity contribution is 0.0691. The largest absolute Gasteiger partial charge is 0.476 e. The smallest absolute Gasteiger partial charge is 0.355 e. The first-order chi connectivity index (χ1) is 21.1. The molecule has 2 aromatic carbocycles. The van der Waals surface area contributed by atoms with E-state index in [-0.39, 0.29) is 22.6 Å². The van der Waals surface area contributed by atoms with Gasteiger partial charge in [0.25, 0.3) is 0 Å². The minimum absolute atomic E-state index is 0.0963. The van der Waals surface area contributed by atoms with Crippen LogP contribution >= 0.6 is 11.3 Å². The van der Waals surface area contributed by atoms with Gasteiger partial charge in [-0.1, -0.05) is 30.7 Å². The summed E-state index contributed by atoms with van der Waals surface area (Å²) in [6.07, 6.45) is 9.32. The van der Waals surface area contributed by atoms with Crippen molar-refractivity contribution in [3.8, 4) is 28.2 Å². The van der Waals surface area contributed by atoms with Crippen LogP contribution < -0.4 is 0 Å². The Morgan fingerprint density at radius 1 is 1.07 bits per heavy atom. The Bertz CT molecular complexity index is 1910. The van der Waals surface area contributed by atoms with Gasteiger partial charge in [-0.15, -0.1) is 11.3 Å². The summed E-state index contributed by atoms with van der Waals surface area (Å²) in [6.45, 7) is 0. The molecule has 0 atom stereocenters. The number of carboxylic acid groups (broad SMARTS) is 1. The molecule has 2 aliphatic carbocycles. The zero-order chi connectivity index (χ0) is 31.0. The lowest BCUT2D eigenvalue weighted by atomic mass is 9.96. The van der Waals surface area contributed by atoms with Gasteiger partial charge in [0.2, 0.25) is 5.13 Å². The Labute approximate surface area is 258 Å². The summed E-state index contributed by atoms with van der Waals surface area (Å²) in [6, 6.07) is 8.73. The van der Waals surface area contributed by atoms with Crippen LogP contribution in [0, 0.1) is 35.3 Å². The monoisotopic (exact) mass is 635 g/mol. The molecule has 228 valence electrons. The third-order valence-corrected chi connectivity index (χ3v) is 10.2. The van der Waals surface area contributed by atoms with Crippen LogP contribution in [-0.2, 0) is 22.7 Å². The van der Waals surface area contributed by atoms with E-state index in [0.717, 1.165) is 61.0 Å². The number of benzene rings is 2. The van der Waals surface area contributed by atoms with Crippen LogP contribution in [0.1, 0.15) is 77.8 Å². The van der Waals surface area contributed by atoms with E-state index in [1.807, 2.05) is 0 Å². The van der Waals surface area contributed by atoms with Gasteiger partial charge in [0.05, 0.1) is 17.0 Å². The van der Waals surface area contributed by atoms with Crippen molar-refractivity contribution in [2.45, 2.75) is 62.7 Å². The van der Waals surface area contributed by atoms with E-state index in [2.05, 4.69) is 16.8 Å². The lowest BCUT2D eigenvalue weighted by Crippen LogP contribution is -2.06. The zero-order valence-corrected chi connectivity index (χ0v) is 25.8. The number of nitrogens with zero attached hydrogens (tertiary/aromatic N) is 3. The van der Waals surface area contributed by atoms with Crippen molar-refractivity contribution in [1.82, 2.24) is 14.8 Å². The average Bonchev–Trinajstić information content (AvgIpc) is 3.32. The molecule has 0 aliphatic heterocycles. The number of thiazole rings is 1. The number of hydrogen-bond acceptors (Lipinski definition) is 6. The molecule has 6 rings (SSSR count). The maximum absolute atomic E-state index is 14.9. The summed E-state index contributed by atoms with van der Waals surface area (Å²) in [5.74, 6) is 4.71. The highest BCUT2D eigenvalue weighted by Gasteiger charge is 2.30. The molecule has 0 unspecified atom stereocenters. The Balaban J connectivity index is 1.47. The Morgan fingerprint density at radius 2 is 1.84 bits per heavy atom. The lowest BCUT2D eigenvalue weighted by Gasteiger charge is -2.10. The first-order valence-corrected chi connectivity index (χ1v) is 17.4. The van der Waals surface area contributed by atoms with Crippen LogP contribution in [0.5, 0.6) is 0 Å². The van der Waals surface area contributed by atoms with E-state index in [1.54, 1.807) is 22.9 Å². The van der Waals surface area contributed by atoms with Gasteiger partial charge >= 0.3 is 5.97 Å². The molecule has 2 aromatic heterocycles. The fourth-order valence-corrected chi connectivity index (χ4v) is 7.26. The van der Waals surface area contributed by atoms with Crippen LogP contribution in [0.3, 0.4) is 0 Å². The topological polar surface area (TPSA) is 102 Å². The van der Waals surface area contributed by atoms with E-state index < -0.39 is 27.4 Å². The normalized spacial score (nSPS) is 15.3. The van der Waals surface area contributed by atoms with Crippen molar-refractivity contribution >= 4 is 27.1 Å². The van der Waals surface area contributed by atoms with E-state index in [1.165, 1.54) is 36.4 Å². The van der Waals surface area contributed by atoms with E-state index >= 15 is 0 Å². The number of carboxylic acids is 1. The Hall–Kier alpha value is -3.88. The minimum Gasteiger partial charge on any atom is -0.476 e. The van der Waals surface area contributed by atoms with Gasteiger partial charge in [-0.2, -0.15) is 5.10 Å². The van der Waals surface area contributed by atoms with Gasteiger partial charge < -0.3 is 5.11 Å². The molecule has 44 heavy (non-hydrogen) atoms. The third kappa shape index (κ3) is 6.61. The number of carbonyl (C=O) groups is 1. The maximum Gasteiger partial charge on any atom is 0.355 e. The van der Waals surface area contributed by atoms with Crippen LogP contribution in [0.15, 0.2) is 46.7 Å². The third-order valence-electron chi connectivity index (χ3n) is 8.27. The molecule has 0 bridgehead atoms. The molecule has 2 heterocycles. The molecular formula is C33H31F2N3O4S2. The molecule has 0 amide bonds. The molecule has 2 aliphatic rings. The van der Waals surface area contributed by atoms with Gasteiger partial charge in [0, 0.05) is 35.6 Å². The van der Waals surface area contributed by atoms with Gasteiger partial charge in [0.1, 0.15) is 16.5 Å². The summed E-state index contributed by atoms with van der Waals surface area (Å²) in [7, 11) is -3.74. The SMILES string of the molecule is CS(=O)(=O)c1ccc(Cc2c(-c3ccc(F)c(C#CCC4CCCC4)c3)nn(-c3nc(C(=O)O)cs3)c2CC2CC2)cc1F. The zero-order valence-electron chi connectivity index (χ0n) is 24.1. The van der Waals surface area contributed by atoms with Crippen LogP contribution in [0.4, 0.5) is 8.78 Å². The number of rotatable bonds is 9. The predicted molar refractivity (Wildman–Crippen MR) is 164 cm³/mol. The minimum atomic E-state index is -3.74. The van der Waals surface area contributed by atoms with Gasteiger partial charge in [-0.3, -0.25) is 0 Å². The standard InChI is InChI=1S/C33H31F2N3O4S2/c1-44(41,42)30-14-11-22(16-27(30)35)15-25-29(17-21-9-10-21)38(33-36-28(19-43-33)32(39)40)37-31(25)24-12-13-26(34)23(18-24)8-4-7-20-5-2-3-6-20/h11-14,16,18-21H,2-3,5-7,9-10,15,17H2,1H3,(H,39,40). The van der Waals surface area contributed by atoms with E-state index in [9.17, 15) is 27.1 Å². The molecule has 4 aromatic rings. The first-order valence-electron chi connectivity index (χ1n) is 14.6. The van der Waals surface area contributed by atoms with Crippen molar-refractivity contribution in [2.75, 3.05) is 6.26 Å². The second kappa shape index (κ2) is 12.3. The summed E-state index contributed by atoms with van der Waals surface area (Å²) in [5, 5.41) is 16.2. The van der Waals surface area contributed by atoms with Crippen molar-refractivity contribution in [2.24, 2.45) is 11.8 Å². The molecular weight excluding hydrogens is 605 g/mol. The molecule has 0 spiro atoms.